The van der Waals surface area contributed by atoms with Gasteiger partial charge in [-0.2, -0.15) is 0 Å². The lowest BCUT2D eigenvalue weighted by molar-refractivity contribution is 0.425. The van der Waals surface area contributed by atoms with E-state index in [2.05, 4.69) is 44.5 Å². The zero-order valence-electron chi connectivity index (χ0n) is 8.98. The topological polar surface area (TPSA) is 12.0 Å². The average Bonchev–Trinajstić information content (AvgIpc) is 2.46. The van der Waals surface area contributed by atoms with Crippen molar-refractivity contribution < 1.29 is 0 Å². The van der Waals surface area contributed by atoms with Crippen molar-refractivity contribution in [1.29, 1.82) is 0 Å². The second-order valence-electron chi connectivity index (χ2n) is 4.33. The van der Waals surface area contributed by atoms with Gasteiger partial charge in [-0.3, -0.25) is 0 Å². The van der Waals surface area contributed by atoms with E-state index in [1.54, 1.807) is 0 Å². The summed E-state index contributed by atoms with van der Waals surface area (Å²) in [5.74, 6) is 0. The van der Waals surface area contributed by atoms with Crippen LogP contribution < -0.4 is 5.32 Å². The van der Waals surface area contributed by atoms with Gasteiger partial charge in [-0.1, -0.05) is 6.92 Å². The van der Waals surface area contributed by atoms with Crippen molar-refractivity contribution in [3.05, 3.63) is 21.9 Å². The van der Waals surface area contributed by atoms with E-state index < -0.39 is 0 Å². The third kappa shape index (κ3) is 3.49. The zero-order valence-corrected chi connectivity index (χ0v) is 9.79. The van der Waals surface area contributed by atoms with Crippen molar-refractivity contribution in [2.75, 3.05) is 0 Å². The highest BCUT2D eigenvalue weighted by molar-refractivity contribution is 7.10. The van der Waals surface area contributed by atoms with E-state index in [0.29, 0.717) is 0 Å². The molecule has 0 saturated carbocycles. The van der Waals surface area contributed by atoms with Gasteiger partial charge < -0.3 is 5.32 Å². The maximum atomic E-state index is 3.51. The first-order valence-electron chi connectivity index (χ1n) is 4.83. The van der Waals surface area contributed by atoms with Crippen LogP contribution in [-0.2, 0) is 13.0 Å². The predicted molar refractivity (Wildman–Crippen MR) is 60.3 cm³/mol. The van der Waals surface area contributed by atoms with E-state index in [9.17, 15) is 0 Å². The van der Waals surface area contributed by atoms with Gasteiger partial charge in [-0.25, -0.2) is 0 Å². The van der Waals surface area contributed by atoms with Gasteiger partial charge in [0.1, 0.15) is 0 Å². The average molecular weight is 197 g/mol. The highest BCUT2D eigenvalue weighted by atomic mass is 32.1. The monoisotopic (exact) mass is 197 g/mol. The number of hydrogen-bond donors (Lipinski definition) is 1. The summed E-state index contributed by atoms with van der Waals surface area (Å²) in [5.41, 5.74) is 1.70. The number of hydrogen-bond acceptors (Lipinski definition) is 2. The highest BCUT2D eigenvalue weighted by Gasteiger charge is 2.10. The predicted octanol–water partition coefficient (Wildman–Crippen LogP) is 3.20. The Hall–Kier alpha value is -0.340. The first kappa shape index (κ1) is 10.7. The van der Waals surface area contributed by atoms with E-state index in [4.69, 9.17) is 0 Å². The Morgan fingerprint density at radius 3 is 2.62 bits per heavy atom. The molecular formula is C11H19NS. The summed E-state index contributed by atoms with van der Waals surface area (Å²) in [6.07, 6.45) is 1.14. The van der Waals surface area contributed by atoms with E-state index in [1.165, 1.54) is 10.4 Å². The smallest absolute Gasteiger partial charge is 0.0307 e. The van der Waals surface area contributed by atoms with Crippen LogP contribution in [0.25, 0.3) is 0 Å². The second-order valence-corrected chi connectivity index (χ2v) is 5.33. The van der Waals surface area contributed by atoms with Crippen LogP contribution in [-0.4, -0.2) is 5.54 Å². The maximum Gasteiger partial charge on any atom is 0.0307 e. The Balaban J connectivity index is 2.54. The van der Waals surface area contributed by atoms with Crippen LogP contribution in [0.2, 0.25) is 0 Å². The van der Waals surface area contributed by atoms with Crippen LogP contribution in [0.4, 0.5) is 0 Å². The molecule has 1 aromatic rings. The summed E-state index contributed by atoms with van der Waals surface area (Å²) in [6.45, 7) is 9.82. The molecule has 0 fully saturated rings. The molecule has 2 heteroatoms. The zero-order chi connectivity index (χ0) is 9.90. The fourth-order valence-electron chi connectivity index (χ4n) is 1.18. The fraction of sp³-hybridized carbons (Fsp3) is 0.636. The standard InChI is InChI=1S/C11H19NS/c1-5-9-6-7-13-10(9)8-12-11(2,3)4/h6-7,12H,5,8H2,1-4H3. The van der Waals surface area contributed by atoms with E-state index >= 15 is 0 Å². The van der Waals surface area contributed by atoms with Gasteiger partial charge in [0, 0.05) is 17.0 Å². The van der Waals surface area contributed by atoms with Crippen molar-refractivity contribution >= 4 is 11.3 Å². The molecule has 1 heterocycles. The minimum Gasteiger partial charge on any atom is -0.307 e. The normalized spacial score (nSPS) is 12.0. The number of aryl methyl sites for hydroxylation is 1. The van der Waals surface area contributed by atoms with Gasteiger partial charge >= 0.3 is 0 Å². The molecule has 1 rings (SSSR count). The number of nitrogens with one attached hydrogen (secondary N) is 1. The Labute approximate surface area is 85.2 Å². The lowest BCUT2D eigenvalue weighted by Crippen LogP contribution is -2.35. The quantitative estimate of drug-likeness (QED) is 0.784. The lowest BCUT2D eigenvalue weighted by atomic mass is 10.1. The Kier molecular flexibility index (Phi) is 3.51. The van der Waals surface area contributed by atoms with E-state index in [1.807, 2.05) is 11.3 Å². The maximum absolute atomic E-state index is 3.51. The van der Waals surface area contributed by atoms with Gasteiger partial charge in [-0.15, -0.1) is 11.3 Å². The molecule has 0 aliphatic carbocycles. The largest absolute Gasteiger partial charge is 0.307 e. The van der Waals surface area contributed by atoms with Gasteiger partial charge in [-0.05, 0) is 44.2 Å². The molecule has 0 radical (unpaired) electrons. The summed E-state index contributed by atoms with van der Waals surface area (Å²) in [4.78, 5) is 1.48. The first-order valence-corrected chi connectivity index (χ1v) is 5.71. The minimum atomic E-state index is 0.217. The second kappa shape index (κ2) is 4.25. The summed E-state index contributed by atoms with van der Waals surface area (Å²) >= 11 is 1.85. The molecule has 0 spiro atoms. The molecule has 74 valence electrons. The molecule has 0 aliphatic heterocycles. The molecule has 0 bridgehead atoms. The molecule has 0 amide bonds. The first-order chi connectivity index (χ1) is 6.03. The molecule has 1 N–H and O–H groups in total. The Bertz CT molecular complexity index is 257. The molecule has 1 aromatic heterocycles. The Morgan fingerprint density at radius 2 is 2.08 bits per heavy atom. The van der Waals surface area contributed by atoms with Crippen LogP contribution in [0.5, 0.6) is 0 Å². The number of thiophene rings is 1. The number of rotatable bonds is 3. The summed E-state index contributed by atoms with van der Waals surface area (Å²) in [5, 5.41) is 5.69. The van der Waals surface area contributed by atoms with Gasteiger partial charge in [0.25, 0.3) is 0 Å². The summed E-state index contributed by atoms with van der Waals surface area (Å²) in [7, 11) is 0. The molecule has 13 heavy (non-hydrogen) atoms. The van der Waals surface area contributed by atoms with Crippen molar-refractivity contribution in [2.45, 2.75) is 46.2 Å². The van der Waals surface area contributed by atoms with Crippen molar-refractivity contribution in [3.8, 4) is 0 Å². The third-order valence-corrected chi connectivity index (χ3v) is 2.96. The third-order valence-electron chi connectivity index (χ3n) is 2.00. The van der Waals surface area contributed by atoms with Gasteiger partial charge in [0.2, 0.25) is 0 Å². The molecule has 0 atom stereocenters. The Morgan fingerprint density at radius 1 is 1.38 bits per heavy atom. The van der Waals surface area contributed by atoms with Crippen LogP contribution >= 0.6 is 11.3 Å². The van der Waals surface area contributed by atoms with Crippen LogP contribution in [0.3, 0.4) is 0 Å². The summed E-state index contributed by atoms with van der Waals surface area (Å²) in [6, 6.07) is 2.23. The molecule has 0 unspecified atom stereocenters. The molecule has 0 aromatic carbocycles. The van der Waals surface area contributed by atoms with Crippen LogP contribution in [0, 0.1) is 0 Å². The molecule has 0 aliphatic rings. The van der Waals surface area contributed by atoms with Crippen molar-refractivity contribution in [3.63, 3.8) is 0 Å². The van der Waals surface area contributed by atoms with Gasteiger partial charge in [0.05, 0.1) is 0 Å². The van der Waals surface area contributed by atoms with Crippen LogP contribution in [0.15, 0.2) is 11.4 Å². The molecular weight excluding hydrogens is 178 g/mol. The fourth-order valence-corrected chi connectivity index (χ4v) is 2.10. The van der Waals surface area contributed by atoms with E-state index in [-0.39, 0.29) is 5.54 Å². The molecule has 0 saturated heterocycles. The van der Waals surface area contributed by atoms with Crippen molar-refractivity contribution in [2.24, 2.45) is 0 Å². The molecule has 1 nitrogen and oxygen atoms in total. The SMILES string of the molecule is CCc1ccsc1CNC(C)(C)C. The van der Waals surface area contributed by atoms with Gasteiger partial charge in [0.15, 0.2) is 0 Å². The van der Waals surface area contributed by atoms with E-state index in [0.717, 1.165) is 13.0 Å². The van der Waals surface area contributed by atoms with Crippen molar-refractivity contribution in [1.82, 2.24) is 5.32 Å². The lowest BCUT2D eigenvalue weighted by Gasteiger charge is -2.20. The summed E-state index contributed by atoms with van der Waals surface area (Å²) < 4.78 is 0. The van der Waals surface area contributed by atoms with Crippen LogP contribution in [0.1, 0.15) is 38.1 Å². The highest BCUT2D eigenvalue weighted by Crippen LogP contribution is 2.17. The minimum absolute atomic E-state index is 0.217.